The van der Waals surface area contributed by atoms with Crippen molar-refractivity contribution in [3.8, 4) is 22.3 Å². The van der Waals surface area contributed by atoms with E-state index in [9.17, 15) is 13.2 Å². The lowest BCUT2D eigenvalue weighted by Gasteiger charge is -2.09. The molecule has 2 aromatic carbocycles. The van der Waals surface area contributed by atoms with Crippen molar-refractivity contribution in [2.75, 3.05) is 0 Å². The van der Waals surface area contributed by atoms with Crippen LogP contribution in [-0.4, -0.2) is 19.9 Å². The molecule has 7 rings (SSSR count). The summed E-state index contributed by atoms with van der Waals surface area (Å²) in [4.78, 5) is 16.0. The van der Waals surface area contributed by atoms with E-state index in [0.29, 0.717) is 22.5 Å². The van der Waals surface area contributed by atoms with Gasteiger partial charge in [-0.05, 0) is 82.3 Å². The molecule has 2 aliphatic heterocycles. The SMILES string of the molecule is FC(F)(F)c1c2nc(c(-c3ccccc3)c3ccc(cc4[nH]c(cc4I)c(-c4ccccc4)c4nc1C=C4)[nH]3)C=C2. The Morgan fingerprint density at radius 1 is 0.561 bits per heavy atom. The summed E-state index contributed by atoms with van der Waals surface area (Å²) in [6.45, 7) is 0. The van der Waals surface area contributed by atoms with Crippen molar-refractivity contribution in [3.05, 3.63) is 117 Å². The van der Waals surface area contributed by atoms with Crippen LogP contribution in [0.15, 0.2) is 84.9 Å². The molecule has 3 aromatic heterocycles. The van der Waals surface area contributed by atoms with Gasteiger partial charge in [0.15, 0.2) is 0 Å². The third kappa shape index (κ3) is 4.67. The van der Waals surface area contributed by atoms with Crippen molar-refractivity contribution in [2.45, 2.75) is 6.18 Å². The lowest BCUT2D eigenvalue weighted by atomic mass is 10.0. The van der Waals surface area contributed by atoms with Crippen molar-refractivity contribution in [3.63, 3.8) is 0 Å². The number of aromatic amines is 2. The van der Waals surface area contributed by atoms with Gasteiger partial charge in [0.1, 0.15) is 5.56 Å². The number of aromatic nitrogens is 4. The molecule has 8 heteroatoms. The molecule has 2 N–H and O–H groups in total. The second kappa shape index (κ2) is 9.88. The van der Waals surface area contributed by atoms with E-state index in [0.717, 1.165) is 36.8 Å². The topological polar surface area (TPSA) is 57.4 Å². The average Bonchev–Trinajstić information content (AvgIpc) is 3.76. The van der Waals surface area contributed by atoms with Gasteiger partial charge in [-0.25, -0.2) is 9.97 Å². The van der Waals surface area contributed by atoms with Crippen LogP contribution >= 0.6 is 22.6 Å². The average molecular weight is 656 g/mol. The predicted molar refractivity (Wildman–Crippen MR) is 167 cm³/mol. The molecule has 0 unspecified atom stereocenters. The van der Waals surface area contributed by atoms with Gasteiger partial charge in [-0.1, -0.05) is 60.7 Å². The van der Waals surface area contributed by atoms with Crippen LogP contribution in [-0.2, 0) is 6.18 Å². The molecule has 0 aliphatic carbocycles. The van der Waals surface area contributed by atoms with Gasteiger partial charge in [0.2, 0.25) is 0 Å². The molecular weight excluding hydrogens is 636 g/mol. The van der Waals surface area contributed by atoms with Crippen LogP contribution in [0.25, 0.3) is 68.6 Å². The molecule has 5 heterocycles. The van der Waals surface area contributed by atoms with E-state index in [1.165, 1.54) is 12.2 Å². The largest absolute Gasteiger partial charge is 0.420 e. The number of fused-ring (bicyclic) bond motifs is 8. The maximum Gasteiger partial charge on any atom is 0.420 e. The highest BCUT2D eigenvalue weighted by Crippen LogP contribution is 2.39. The molecule has 0 radical (unpaired) electrons. The van der Waals surface area contributed by atoms with Gasteiger partial charge in [-0.2, -0.15) is 13.2 Å². The van der Waals surface area contributed by atoms with Gasteiger partial charge in [0.05, 0.1) is 28.3 Å². The zero-order valence-electron chi connectivity index (χ0n) is 21.3. The number of alkyl halides is 3. The summed E-state index contributed by atoms with van der Waals surface area (Å²) < 4.78 is 45.0. The first-order valence-electron chi connectivity index (χ1n) is 12.9. The van der Waals surface area contributed by atoms with Crippen LogP contribution in [0.4, 0.5) is 13.2 Å². The molecule has 0 saturated carbocycles. The lowest BCUT2D eigenvalue weighted by Crippen LogP contribution is -2.10. The molecule has 0 spiro atoms. The van der Waals surface area contributed by atoms with Gasteiger partial charge < -0.3 is 9.97 Å². The van der Waals surface area contributed by atoms with Crippen LogP contribution in [0.3, 0.4) is 0 Å². The standard InChI is InChI=1S/C33H20F3IN4/c34-33(35,36)32-26-15-13-24(39-26)30(19-7-3-1-4-8-19)23-12-11-21(38-23)17-28-22(37)18-29(41-28)31(20-9-5-2-6-10-20)25-14-16-27(32)40-25/h1-18,38,41H. The van der Waals surface area contributed by atoms with Crippen molar-refractivity contribution in [1.29, 1.82) is 0 Å². The molecule has 4 nitrogen and oxygen atoms in total. The van der Waals surface area contributed by atoms with Crippen LogP contribution in [0, 0.1) is 3.57 Å². The molecule has 2 aliphatic rings. The fourth-order valence-electron chi connectivity index (χ4n) is 5.28. The van der Waals surface area contributed by atoms with E-state index in [1.54, 1.807) is 12.2 Å². The number of rotatable bonds is 2. The molecule has 0 atom stereocenters. The van der Waals surface area contributed by atoms with Crippen molar-refractivity contribution in [1.82, 2.24) is 19.9 Å². The van der Waals surface area contributed by atoms with Gasteiger partial charge in [0.25, 0.3) is 0 Å². The number of nitrogens with one attached hydrogen (secondary N) is 2. The first-order valence-corrected chi connectivity index (χ1v) is 13.9. The third-order valence-corrected chi connectivity index (χ3v) is 7.95. The summed E-state index contributed by atoms with van der Waals surface area (Å²) in [5, 5.41) is 0. The quantitative estimate of drug-likeness (QED) is 0.182. The highest BCUT2D eigenvalue weighted by Gasteiger charge is 2.37. The van der Waals surface area contributed by atoms with E-state index in [2.05, 4.69) is 42.5 Å². The minimum Gasteiger partial charge on any atom is -0.355 e. The van der Waals surface area contributed by atoms with E-state index in [4.69, 9.17) is 0 Å². The number of halogens is 4. The Labute approximate surface area is 246 Å². The Morgan fingerprint density at radius 3 is 1.66 bits per heavy atom. The Morgan fingerprint density at radius 2 is 1.10 bits per heavy atom. The number of hydrogen-bond donors (Lipinski definition) is 2. The maximum atomic E-state index is 14.7. The minimum atomic E-state index is -4.67. The molecule has 0 fully saturated rings. The van der Waals surface area contributed by atoms with Crippen molar-refractivity contribution >= 4 is 69.0 Å². The van der Waals surface area contributed by atoms with E-state index in [1.807, 2.05) is 84.9 Å². The van der Waals surface area contributed by atoms with Crippen LogP contribution in [0.1, 0.15) is 28.3 Å². The summed E-state index contributed by atoms with van der Waals surface area (Å²) in [6.07, 6.45) is 1.45. The molecule has 0 amide bonds. The Kier molecular flexibility index (Phi) is 6.15. The van der Waals surface area contributed by atoms with E-state index >= 15 is 0 Å². The normalized spacial score (nSPS) is 12.7. The van der Waals surface area contributed by atoms with Crippen LogP contribution in [0.2, 0.25) is 0 Å². The lowest BCUT2D eigenvalue weighted by molar-refractivity contribution is -0.138. The Balaban J connectivity index is 1.67. The summed E-state index contributed by atoms with van der Waals surface area (Å²) >= 11 is 2.27. The third-order valence-electron chi connectivity index (χ3n) is 7.06. The highest BCUT2D eigenvalue weighted by atomic mass is 127. The second-order valence-electron chi connectivity index (χ2n) is 9.70. The maximum absolute atomic E-state index is 14.7. The summed E-state index contributed by atoms with van der Waals surface area (Å²) in [5.41, 5.74) is 6.00. The van der Waals surface area contributed by atoms with Crippen molar-refractivity contribution in [2.24, 2.45) is 0 Å². The van der Waals surface area contributed by atoms with Crippen LogP contribution < -0.4 is 0 Å². The minimum absolute atomic E-state index is 0.172. The first-order chi connectivity index (χ1) is 19.8. The molecule has 8 bridgehead atoms. The van der Waals surface area contributed by atoms with Crippen molar-refractivity contribution < 1.29 is 13.2 Å². The summed E-state index contributed by atoms with van der Waals surface area (Å²) in [7, 11) is 0. The van der Waals surface area contributed by atoms with Gasteiger partial charge in [0, 0.05) is 31.2 Å². The Bertz CT molecular complexity index is 2040. The van der Waals surface area contributed by atoms with E-state index < -0.39 is 11.7 Å². The first kappa shape index (κ1) is 25.5. The number of H-pyrrole nitrogens is 2. The van der Waals surface area contributed by atoms with Gasteiger partial charge >= 0.3 is 6.18 Å². The number of nitrogens with zero attached hydrogens (tertiary/aromatic N) is 2. The smallest absolute Gasteiger partial charge is 0.355 e. The molecule has 0 saturated heterocycles. The zero-order valence-corrected chi connectivity index (χ0v) is 23.5. The predicted octanol–water partition coefficient (Wildman–Crippen LogP) is 9.61. The summed E-state index contributed by atoms with van der Waals surface area (Å²) in [5.74, 6) is 0. The fourth-order valence-corrected chi connectivity index (χ4v) is 5.88. The second-order valence-corrected chi connectivity index (χ2v) is 10.9. The van der Waals surface area contributed by atoms with Gasteiger partial charge in [-0.15, -0.1) is 0 Å². The summed E-state index contributed by atoms with van der Waals surface area (Å²) in [6, 6.07) is 27.0. The molecule has 200 valence electrons. The fraction of sp³-hybridized carbons (Fsp3) is 0.0303. The van der Waals surface area contributed by atoms with Crippen LogP contribution in [0.5, 0.6) is 0 Å². The molecular formula is C33H20F3IN4. The monoisotopic (exact) mass is 656 g/mol. The number of hydrogen-bond acceptors (Lipinski definition) is 2. The molecule has 5 aromatic rings. The van der Waals surface area contributed by atoms with Gasteiger partial charge in [-0.3, -0.25) is 0 Å². The zero-order chi connectivity index (χ0) is 28.1. The number of benzene rings is 2. The highest BCUT2D eigenvalue weighted by molar-refractivity contribution is 14.1. The molecule has 41 heavy (non-hydrogen) atoms. The van der Waals surface area contributed by atoms with E-state index in [-0.39, 0.29) is 11.4 Å². The Hall–Kier alpha value is -4.44.